The van der Waals surface area contributed by atoms with Gasteiger partial charge in [-0.15, -0.1) is 11.3 Å². The highest BCUT2D eigenvalue weighted by Gasteiger charge is 2.17. The number of aromatic nitrogens is 2. The van der Waals surface area contributed by atoms with Crippen LogP contribution in [0, 0.1) is 11.6 Å². The molecule has 10 heteroatoms. The van der Waals surface area contributed by atoms with Crippen molar-refractivity contribution < 1.29 is 13.6 Å². The molecular weight excluding hydrogens is 460 g/mol. The highest BCUT2D eigenvalue weighted by atomic mass is 35.5. The first kappa shape index (κ1) is 21.9. The van der Waals surface area contributed by atoms with Gasteiger partial charge in [0.1, 0.15) is 22.9 Å². The number of hydrogen-bond acceptors (Lipinski definition) is 4. The summed E-state index contributed by atoms with van der Waals surface area (Å²) < 4.78 is 29.1. The minimum Gasteiger partial charge on any atom is -0.350 e. The van der Waals surface area contributed by atoms with Gasteiger partial charge in [-0.05, 0) is 46.8 Å². The lowest BCUT2D eigenvalue weighted by Gasteiger charge is -2.13. The molecule has 0 atom stereocenters. The van der Waals surface area contributed by atoms with Crippen molar-refractivity contribution in [2.45, 2.75) is 19.6 Å². The summed E-state index contributed by atoms with van der Waals surface area (Å²) in [6.45, 7) is -0.276. The van der Waals surface area contributed by atoms with Gasteiger partial charge in [-0.25, -0.2) is 13.6 Å². The summed E-state index contributed by atoms with van der Waals surface area (Å²) in [6, 6.07) is 11.2. The van der Waals surface area contributed by atoms with Crippen molar-refractivity contribution in [3.8, 4) is 0 Å². The molecule has 164 valence electrons. The zero-order valence-electron chi connectivity index (χ0n) is 16.5. The van der Waals surface area contributed by atoms with Gasteiger partial charge in [0.05, 0.1) is 17.1 Å². The van der Waals surface area contributed by atoms with Crippen LogP contribution < -0.4 is 16.6 Å². The first-order valence-corrected chi connectivity index (χ1v) is 10.7. The topological polar surface area (TPSA) is 73.1 Å². The predicted molar refractivity (Wildman–Crippen MR) is 119 cm³/mol. The van der Waals surface area contributed by atoms with E-state index in [0.29, 0.717) is 21.3 Å². The number of nitrogens with one attached hydrogen (secondary N) is 1. The molecule has 0 saturated heterocycles. The Hall–Kier alpha value is -3.30. The van der Waals surface area contributed by atoms with Gasteiger partial charge in [0.25, 0.3) is 5.56 Å². The highest BCUT2D eigenvalue weighted by molar-refractivity contribution is 7.17. The SMILES string of the molecule is O=C(Cn1c(=O)n(Cc2ccc(F)cc2)c(=O)c2sccc21)NCc1ccc(F)c(Cl)c1. The van der Waals surface area contributed by atoms with Gasteiger partial charge in [0.15, 0.2) is 0 Å². The number of amides is 1. The van der Waals surface area contributed by atoms with Gasteiger partial charge in [-0.3, -0.25) is 18.7 Å². The van der Waals surface area contributed by atoms with Crippen molar-refractivity contribution in [3.63, 3.8) is 0 Å². The lowest BCUT2D eigenvalue weighted by molar-refractivity contribution is -0.121. The van der Waals surface area contributed by atoms with Gasteiger partial charge in [0.2, 0.25) is 5.91 Å². The monoisotopic (exact) mass is 475 g/mol. The van der Waals surface area contributed by atoms with Gasteiger partial charge >= 0.3 is 5.69 Å². The second-order valence-electron chi connectivity index (χ2n) is 7.05. The van der Waals surface area contributed by atoms with E-state index in [1.807, 2.05) is 0 Å². The van der Waals surface area contributed by atoms with Crippen LogP contribution in [0.25, 0.3) is 10.2 Å². The minimum atomic E-state index is -0.648. The number of nitrogens with zero attached hydrogens (tertiary/aromatic N) is 2. The molecule has 1 amide bonds. The normalized spacial score (nSPS) is 11.1. The Balaban J connectivity index is 1.61. The molecule has 2 aromatic carbocycles. The zero-order valence-corrected chi connectivity index (χ0v) is 18.1. The molecule has 0 aliphatic rings. The number of carbonyl (C=O) groups is 1. The standard InChI is InChI=1S/C22H16ClF2N3O3S/c23-16-9-14(3-6-17(16)25)10-26-19(29)12-27-18-7-8-32-20(18)21(30)28(22(27)31)11-13-1-4-15(24)5-2-13/h1-9H,10-12H2,(H,26,29). The number of rotatable bonds is 6. The second-order valence-corrected chi connectivity index (χ2v) is 8.37. The number of halogens is 3. The van der Waals surface area contributed by atoms with E-state index in [2.05, 4.69) is 5.32 Å². The molecule has 6 nitrogen and oxygen atoms in total. The number of fused-ring (bicyclic) bond motifs is 1. The van der Waals surface area contributed by atoms with Crippen molar-refractivity contribution in [2.24, 2.45) is 0 Å². The fourth-order valence-electron chi connectivity index (χ4n) is 3.25. The number of benzene rings is 2. The largest absolute Gasteiger partial charge is 0.350 e. The third-order valence-electron chi connectivity index (χ3n) is 4.87. The molecule has 0 radical (unpaired) electrons. The lowest BCUT2D eigenvalue weighted by atomic mass is 10.2. The Labute approximate surface area is 189 Å². The summed E-state index contributed by atoms with van der Waals surface area (Å²) in [6.07, 6.45) is 0. The summed E-state index contributed by atoms with van der Waals surface area (Å²) in [5.41, 5.74) is 0.414. The molecule has 2 aromatic heterocycles. The Bertz CT molecular complexity index is 1430. The molecular formula is C22H16ClF2N3O3S. The van der Waals surface area contributed by atoms with Crippen LogP contribution in [0.15, 0.2) is 63.5 Å². The Morgan fingerprint density at radius 1 is 1.00 bits per heavy atom. The van der Waals surface area contributed by atoms with Crippen LogP contribution in [-0.2, 0) is 24.4 Å². The van der Waals surface area contributed by atoms with E-state index < -0.39 is 28.8 Å². The molecule has 0 saturated carbocycles. The van der Waals surface area contributed by atoms with Crippen LogP contribution in [-0.4, -0.2) is 15.0 Å². The van der Waals surface area contributed by atoms with Crippen LogP contribution in [0.4, 0.5) is 8.78 Å². The Kier molecular flexibility index (Phi) is 6.20. The third kappa shape index (κ3) is 4.49. The Morgan fingerprint density at radius 2 is 1.72 bits per heavy atom. The summed E-state index contributed by atoms with van der Waals surface area (Å²) >= 11 is 6.92. The Morgan fingerprint density at radius 3 is 2.44 bits per heavy atom. The average molecular weight is 476 g/mol. The zero-order chi connectivity index (χ0) is 22.8. The average Bonchev–Trinajstić information content (AvgIpc) is 3.26. The molecule has 0 bridgehead atoms. The first-order chi connectivity index (χ1) is 15.3. The van der Waals surface area contributed by atoms with Crippen molar-refractivity contribution in [1.82, 2.24) is 14.5 Å². The van der Waals surface area contributed by atoms with Crippen molar-refractivity contribution in [1.29, 1.82) is 0 Å². The van der Waals surface area contributed by atoms with Crippen LogP contribution >= 0.6 is 22.9 Å². The van der Waals surface area contributed by atoms with E-state index in [1.54, 1.807) is 11.4 Å². The maximum Gasteiger partial charge on any atom is 0.332 e. The molecule has 0 aliphatic heterocycles. The number of thiophene rings is 1. The van der Waals surface area contributed by atoms with Crippen LogP contribution in [0.3, 0.4) is 0 Å². The summed E-state index contributed by atoms with van der Waals surface area (Å²) in [4.78, 5) is 38.5. The molecule has 0 fully saturated rings. The summed E-state index contributed by atoms with van der Waals surface area (Å²) in [5, 5.41) is 4.28. The van der Waals surface area contributed by atoms with E-state index in [-0.39, 0.29) is 24.7 Å². The fraction of sp³-hybridized carbons (Fsp3) is 0.136. The number of carbonyl (C=O) groups excluding carboxylic acids is 1. The smallest absolute Gasteiger partial charge is 0.332 e. The van der Waals surface area contributed by atoms with Crippen LogP contribution in [0.1, 0.15) is 11.1 Å². The lowest BCUT2D eigenvalue weighted by Crippen LogP contribution is -2.42. The first-order valence-electron chi connectivity index (χ1n) is 9.49. The van der Waals surface area contributed by atoms with Gasteiger partial charge in [-0.2, -0.15) is 0 Å². The molecule has 32 heavy (non-hydrogen) atoms. The second kappa shape index (κ2) is 9.05. The molecule has 0 aliphatic carbocycles. The van der Waals surface area contributed by atoms with E-state index in [0.717, 1.165) is 4.57 Å². The third-order valence-corrected chi connectivity index (χ3v) is 6.05. The van der Waals surface area contributed by atoms with E-state index in [1.165, 1.54) is 58.4 Å². The van der Waals surface area contributed by atoms with Gasteiger partial charge < -0.3 is 5.32 Å². The molecule has 2 heterocycles. The van der Waals surface area contributed by atoms with E-state index >= 15 is 0 Å². The molecule has 1 N–H and O–H groups in total. The van der Waals surface area contributed by atoms with Crippen molar-refractivity contribution in [3.05, 3.63) is 103 Å². The van der Waals surface area contributed by atoms with E-state index in [4.69, 9.17) is 11.6 Å². The predicted octanol–water partition coefficient (Wildman–Crippen LogP) is 3.52. The van der Waals surface area contributed by atoms with Crippen LogP contribution in [0.2, 0.25) is 5.02 Å². The highest BCUT2D eigenvalue weighted by Crippen LogP contribution is 2.17. The van der Waals surface area contributed by atoms with Crippen molar-refractivity contribution >= 4 is 39.1 Å². The van der Waals surface area contributed by atoms with Crippen LogP contribution in [0.5, 0.6) is 0 Å². The molecule has 4 rings (SSSR count). The van der Waals surface area contributed by atoms with Gasteiger partial charge in [0, 0.05) is 6.54 Å². The van der Waals surface area contributed by atoms with Crippen molar-refractivity contribution in [2.75, 3.05) is 0 Å². The maximum atomic E-state index is 13.3. The molecule has 4 aromatic rings. The minimum absolute atomic E-state index is 0.0541. The molecule has 0 unspecified atom stereocenters. The van der Waals surface area contributed by atoms with Gasteiger partial charge in [-0.1, -0.05) is 29.8 Å². The van der Waals surface area contributed by atoms with E-state index in [9.17, 15) is 23.2 Å². The quantitative estimate of drug-likeness (QED) is 0.464. The summed E-state index contributed by atoms with van der Waals surface area (Å²) in [7, 11) is 0. The number of hydrogen-bond donors (Lipinski definition) is 1. The summed E-state index contributed by atoms with van der Waals surface area (Å²) in [5.74, 6) is -1.45. The maximum absolute atomic E-state index is 13.3. The fourth-order valence-corrected chi connectivity index (χ4v) is 4.29. The molecule has 0 spiro atoms.